The lowest BCUT2D eigenvalue weighted by Crippen LogP contribution is -2.41. The van der Waals surface area contributed by atoms with Crippen molar-refractivity contribution in [1.29, 1.82) is 0 Å². The van der Waals surface area contributed by atoms with Crippen molar-refractivity contribution in [2.75, 3.05) is 40.0 Å². The van der Waals surface area contributed by atoms with Gasteiger partial charge in [-0.2, -0.15) is 0 Å². The highest BCUT2D eigenvalue weighted by molar-refractivity contribution is 5.94. The third kappa shape index (κ3) is 5.89. The number of ether oxygens (including phenoxy) is 2. The second-order valence-electron chi connectivity index (χ2n) is 8.63. The Morgan fingerprint density at radius 1 is 1.14 bits per heavy atom. The molecule has 184 valence electrons. The molecule has 0 atom stereocenters. The van der Waals surface area contributed by atoms with Gasteiger partial charge in [0.2, 0.25) is 5.91 Å². The number of amides is 2. The molecule has 0 fully saturated rings. The van der Waals surface area contributed by atoms with Gasteiger partial charge in [-0.25, -0.2) is 0 Å². The monoisotopic (exact) mass is 477 g/mol. The van der Waals surface area contributed by atoms with Crippen molar-refractivity contribution in [2.45, 2.75) is 26.7 Å². The highest BCUT2D eigenvalue weighted by atomic mass is 16.5. The fourth-order valence-corrected chi connectivity index (χ4v) is 4.33. The van der Waals surface area contributed by atoms with Crippen molar-refractivity contribution in [3.63, 3.8) is 0 Å². The number of carbonyl (C=O) groups excluding carboxylic acids is 2. The molecule has 2 aromatic carbocycles. The number of methoxy groups -OCH3 is 1. The van der Waals surface area contributed by atoms with Gasteiger partial charge in [-0.3, -0.25) is 9.59 Å². The number of aromatic nitrogens is 1. The van der Waals surface area contributed by atoms with Crippen LogP contribution in [0, 0.1) is 13.8 Å². The minimum atomic E-state index is -0.158. The Balaban J connectivity index is 1.68. The number of rotatable bonds is 4. The van der Waals surface area contributed by atoms with Crippen molar-refractivity contribution >= 4 is 11.8 Å². The molecule has 0 radical (unpaired) electrons. The fraction of sp³-hybridized carbons (Fsp3) is 0.370. The molecular formula is C27H31N3O5. The van der Waals surface area contributed by atoms with Crippen LogP contribution in [0.3, 0.4) is 0 Å². The van der Waals surface area contributed by atoms with Gasteiger partial charge in [-0.15, -0.1) is 0 Å². The maximum Gasteiger partial charge on any atom is 0.251 e. The molecular weight excluding hydrogens is 446 g/mol. The van der Waals surface area contributed by atoms with E-state index in [4.69, 9.17) is 14.0 Å². The molecule has 0 saturated carbocycles. The number of nitrogens with zero attached hydrogens (tertiary/aromatic N) is 2. The molecule has 1 aromatic heterocycles. The average Bonchev–Trinajstić information content (AvgIpc) is 3.19. The summed E-state index contributed by atoms with van der Waals surface area (Å²) < 4.78 is 16.6. The number of hydrogen-bond acceptors (Lipinski definition) is 6. The van der Waals surface area contributed by atoms with Crippen LogP contribution in [-0.4, -0.2) is 61.8 Å². The number of nitrogens with one attached hydrogen (secondary N) is 1. The molecule has 0 saturated heterocycles. The molecule has 1 aliphatic heterocycles. The van der Waals surface area contributed by atoms with Gasteiger partial charge in [0.25, 0.3) is 5.91 Å². The second kappa shape index (κ2) is 11.2. The number of carbonyl (C=O) groups is 2. The summed E-state index contributed by atoms with van der Waals surface area (Å²) in [6.07, 6.45) is 0.869. The second-order valence-corrected chi connectivity index (χ2v) is 8.63. The molecule has 8 nitrogen and oxygen atoms in total. The predicted molar refractivity (Wildman–Crippen MR) is 132 cm³/mol. The van der Waals surface area contributed by atoms with E-state index >= 15 is 0 Å². The van der Waals surface area contributed by atoms with Crippen LogP contribution in [0.2, 0.25) is 0 Å². The van der Waals surface area contributed by atoms with Crippen LogP contribution < -0.4 is 10.1 Å². The molecule has 1 aliphatic rings. The zero-order valence-electron chi connectivity index (χ0n) is 20.4. The van der Waals surface area contributed by atoms with Gasteiger partial charge >= 0.3 is 0 Å². The highest BCUT2D eigenvalue weighted by Gasteiger charge is 2.18. The number of aryl methyl sites for hydroxylation is 2. The zero-order valence-corrected chi connectivity index (χ0v) is 20.4. The Bertz CT molecular complexity index is 1180. The van der Waals surface area contributed by atoms with E-state index in [2.05, 4.69) is 16.5 Å². The molecule has 0 aliphatic carbocycles. The lowest BCUT2D eigenvalue weighted by atomic mass is 9.96. The van der Waals surface area contributed by atoms with Gasteiger partial charge in [0.15, 0.2) is 0 Å². The van der Waals surface area contributed by atoms with Crippen LogP contribution in [0.25, 0.3) is 11.1 Å². The first-order valence-electron chi connectivity index (χ1n) is 11.8. The third-order valence-corrected chi connectivity index (χ3v) is 6.13. The van der Waals surface area contributed by atoms with Crippen molar-refractivity contribution in [3.8, 4) is 16.9 Å². The maximum absolute atomic E-state index is 12.7. The molecule has 2 bridgehead atoms. The Morgan fingerprint density at radius 2 is 2.00 bits per heavy atom. The predicted octanol–water partition coefficient (Wildman–Crippen LogP) is 3.54. The van der Waals surface area contributed by atoms with Crippen LogP contribution >= 0.6 is 0 Å². The van der Waals surface area contributed by atoms with Crippen LogP contribution in [0.4, 0.5) is 0 Å². The normalized spacial score (nSPS) is 14.5. The van der Waals surface area contributed by atoms with E-state index < -0.39 is 0 Å². The smallest absolute Gasteiger partial charge is 0.251 e. The molecule has 4 rings (SSSR count). The minimum Gasteiger partial charge on any atom is -0.491 e. The highest BCUT2D eigenvalue weighted by Crippen LogP contribution is 2.32. The SMILES string of the molecule is COCCC(=O)N1CCNC(=O)c2cccc(c2)Cc2cc(-c3c(C)noc3C)ccc2OCC1. The lowest BCUT2D eigenvalue weighted by molar-refractivity contribution is -0.132. The van der Waals surface area contributed by atoms with Crippen LogP contribution in [0.1, 0.15) is 39.4 Å². The summed E-state index contributed by atoms with van der Waals surface area (Å²) in [4.78, 5) is 27.1. The first-order chi connectivity index (χ1) is 17.0. The quantitative estimate of drug-likeness (QED) is 0.618. The first kappa shape index (κ1) is 24.5. The van der Waals surface area contributed by atoms with E-state index in [1.165, 1.54) is 0 Å². The summed E-state index contributed by atoms with van der Waals surface area (Å²) in [5, 5.41) is 7.01. The maximum atomic E-state index is 12.7. The van der Waals surface area contributed by atoms with Gasteiger partial charge < -0.3 is 24.2 Å². The Morgan fingerprint density at radius 3 is 2.77 bits per heavy atom. The summed E-state index contributed by atoms with van der Waals surface area (Å²) >= 11 is 0. The van der Waals surface area contributed by atoms with E-state index in [1.807, 2.05) is 44.2 Å². The lowest BCUT2D eigenvalue weighted by Gasteiger charge is -2.24. The summed E-state index contributed by atoms with van der Waals surface area (Å²) in [5.74, 6) is 1.31. The molecule has 2 heterocycles. The first-order valence-corrected chi connectivity index (χ1v) is 11.8. The molecule has 0 spiro atoms. The van der Waals surface area contributed by atoms with Gasteiger partial charge in [-0.05, 0) is 54.8 Å². The average molecular weight is 478 g/mol. The number of fused-ring (bicyclic) bond motifs is 3. The van der Waals surface area contributed by atoms with Crippen LogP contribution in [0.15, 0.2) is 47.0 Å². The van der Waals surface area contributed by atoms with Crippen molar-refractivity contribution in [2.24, 2.45) is 0 Å². The Kier molecular flexibility index (Phi) is 7.82. The Hall–Kier alpha value is -3.65. The molecule has 35 heavy (non-hydrogen) atoms. The van der Waals surface area contributed by atoms with Crippen LogP contribution in [0.5, 0.6) is 5.75 Å². The van der Waals surface area contributed by atoms with Gasteiger partial charge in [0.05, 0.1) is 25.3 Å². The van der Waals surface area contributed by atoms with Crippen LogP contribution in [-0.2, 0) is 16.0 Å². The molecule has 8 heteroatoms. The molecule has 3 aromatic rings. The molecule has 0 unspecified atom stereocenters. The van der Waals surface area contributed by atoms with E-state index in [-0.39, 0.29) is 18.2 Å². The molecule has 1 N–H and O–H groups in total. The topological polar surface area (TPSA) is 93.9 Å². The number of hydrogen-bond donors (Lipinski definition) is 1. The summed E-state index contributed by atoms with van der Waals surface area (Å²) in [6.45, 7) is 5.68. The van der Waals surface area contributed by atoms with Crippen molar-refractivity contribution in [1.82, 2.24) is 15.4 Å². The standard InChI is InChI=1S/C27H31N3O5/c1-18-26(19(2)35-29-18)21-7-8-24-23(17-21)16-20-5-4-6-22(15-20)27(32)28-10-11-30(12-14-34-24)25(31)9-13-33-3/h4-8,15,17H,9-14,16H2,1-3H3,(H,28,32). The molecule has 2 amide bonds. The summed E-state index contributed by atoms with van der Waals surface area (Å²) in [6, 6.07) is 13.6. The van der Waals surface area contributed by atoms with Gasteiger partial charge in [0, 0.05) is 37.7 Å². The number of benzene rings is 2. The summed E-state index contributed by atoms with van der Waals surface area (Å²) in [7, 11) is 1.57. The van der Waals surface area contributed by atoms with E-state index in [0.29, 0.717) is 44.8 Å². The fourth-order valence-electron chi connectivity index (χ4n) is 4.33. The third-order valence-electron chi connectivity index (χ3n) is 6.13. The minimum absolute atomic E-state index is 0.0345. The van der Waals surface area contributed by atoms with Crippen molar-refractivity contribution in [3.05, 3.63) is 70.6 Å². The summed E-state index contributed by atoms with van der Waals surface area (Å²) in [5.41, 5.74) is 5.36. The largest absolute Gasteiger partial charge is 0.491 e. The van der Waals surface area contributed by atoms with Gasteiger partial charge in [0.1, 0.15) is 18.1 Å². The van der Waals surface area contributed by atoms with Crippen molar-refractivity contribution < 1.29 is 23.6 Å². The van der Waals surface area contributed by atoms with E-state index in [1.54, 1.807) is 18.1 Å². The zero-order chi connectivity index (χ0) is 24.8. The van der Waals surface area contributed by atoms with Gasteiger partial charge in [-0.1, -0.05) is 23.4 Å². The Labute approximate surface area is 205 Å². The van der Waals surface area contributed by atoms with E-state index in [9.17, 15) is 9.59 Å². The van der Waals surface area contributed by atoms with E-state index in [0.717, 1.165) is 39.5 Å².